The van der Waals surface area contributed by atoms with Crippen LogP contribution < -0.4 is 9.62 Å². The fourth-order valence-electron chi connectivity index (χ4n) is 4.32. The maximum absolute atomic E-state index is 14.2. The first-order chi connectivity index (χ1) is 20.3. The molecule has 1 atom stereocenters. The van der Waals surface area contributed by atoms with Crippen LogP contribution in [0, 0.1) is 0 Å². The lowest BCUT2D eigenvalue weighted by atomic mass is 10.0. The molecule has 0 spiro atoms. The minimum absolute atomic E-state index is 0.0306. The molecule has 238 valence electrons. The van der Waals surface area contributed by atoms with Gasteiger partial charge in [-0.1, -0.05) is 71.2 Å². The zero-order valence-electron chi connectivity index (χ0n) is 24.3. The number of hydrogen-bond donors (Lipinski definition) is 1. The zero-order chi connectivity index (χ0) is 33.0. The molecule has 1 unspecified atom stereocenters. The summed E-state index contributed by atoms with van der Waals surface area (Å²) >= 11 is 18.7. The van der Waals surface area contributed by atoms with E-state index in [-0.39, 0.29) is 23.0 Å². The highest BCUT2D eigenvalue weighted by Gasteiger charge is 2.36. The van der Waals surface area contributed by atoms with E-state index in [0.717, 1.165) is 17.2 Å². The van der Waals surface area contributed by atoms with Gasteiger partial charge in [0.05, 0.1) is 22.5 Å². The average Bonchev–Trinajstić information content (AvgIpc) is 2.89. The molecule has 7 nitrogen and oxygen atoms in total. The third-order valence-electron chi connectivity index (χ3n) is 6.35. The third-order valence-corrected chi connectivity index (χ3v) is 8.38. The minimum Gasteiger partial charge on any atom is -0.350 e. The van der Waals surface area contributed by atoms with Crippen LogP contribution in [0.5, 0.6) is 0 Å². The van der Waals surface area contributed by atoms with E-state index in [0.29, 0.717) is 32.6 Å². The van der Waals surface area contributed by atoms with Crippen LogP contribution in [0.1, 0.15) is 37.5 Å². The van der Waals surface area contributed by atoms with Gasteiger partial charge in [0.1, 0.15) is 12.6 Å². The summed E-state index contributed by atoms with van der Waals surface area (Å²) in [5.41, 5.74) is -1.31. The molecule has 3 aromatic carbocycles. The van der Waals surface area contributed by atoms with Crippen molar-refractivity contribution in [2.75, 3.05) is 17.1 Å². The Hall–Kier alpha value is -2.99. The fraction of sp³-hybridized carbons (Fsp3) is 0.333. The first kappa shape index (κ1) is 35.5. The standard InChI is InChI=1S/C30H31Cl3F3N3O4S/c1-29(2,3)37-28(41)26(14-19-8-6-5-7-9-19)38(17-20-10-12-22(31)16-24(20)33)27(40)18-39(44(4,42)43)25-15-21(30(34,35)36)11-13-23(25)32/h5-13,15-16,26H,14,17-18H2,1-4H3,(H,37,41). The lowest BCUT2D eigenvalue weighted by molar-refractivity contribution is -0.140. The van der Waals surface area contributed by atoms with Crippen LogP contribution in [-0.4, -0.2) is 49.5 Å². The van der Waals surface area contributed by atoms with Gasteiger partial charge in [-0.25, -0.2) is 8.42 Å². The number of carbonyl (C=O) groups is 2. The predicted octanol–water partition coefficient (Wildman–Crippen LogP) is 6.99. The van der Waals surface area contributed by atoms with Crippen molar-refractivity contribution >= 4 is 62.3 Å². The lowest BCUT2D eigenvalue weighted by Crippen LogP contribution is -2.56. The van der Waals surface area contributed by atoms with Crippen molar-refractivity contribution in [3.63, 3.8) is 0 Å². The number of halogens is 6. The van der Waals surface area contributed by atoms with Crippen molar-refractivity contribution in [2.45, 2.75) is 51.5 Å². The van der Waals surface area contributed by atoms with E-state index in [1.165, 1.54) is 12.1 Å². The number of anilines is 1. The van der Waals surface area contributed by atoms with Gasteiger partial charge < -0.3 is 10.2 Å². The highest BCUT2D eigenvalue weighted by Crippen LogP contribution is 2.36. The molecule has 14 heteroatoms. The van der Waals surface area contributed by atoms with Crippen LogP contribution in [0.3, 0.4) is 0 Å². The molecule has 0 aromatic heterocycles. The van der Waals surface area contributed by atoms with Crippen molar-refractivity contribution in [2.24, 2.45) is 0 Å². The Bertz CT molecular complexity index is 1620. The molecule has 0 heterocycles. The number of benzene rings is 3. The van der Waals surface area contributed by atoms with E-state index in [9.17, 15) is 31.2 Å². The van der Waals surface area contributed by atoms with Crippen molar-refractivity contribution in [3.8, 4) is 0 Å². The Morgan fingerprint density at radius 2 is 1.55 bits per heavy atom. The molecule has 0 aliphatic carbocycles. The second kappa shape index (κ2) is 14.0. The number of nitrogens with zero attached hydrogens (tertiary/aromatic N) is 2. The molecule has 0 fully saturated rings. The second-order valence-electron chi connectivity index (χ2n) is 11.1. The summed E-state index contributed by atoms with van der Waals surface area (Å²) in [5, 5.41) is 3.05. The molecule has 0 saturated heterocycles. The fourth-order valence-corrected chi connectivity index (χ4v) is 5.91. The van der Waals surface area contributed by atoms with E-state index in [4.69, 9.17) is 34.8 Å². The van der Waals surface area contributed by atoms with E-state index in [1.54, 1.807) is 57.2 Å². The van der Waals surface area contributed by atoms with Gasteiger partial charge in [0.15, 0.2) is 0 Å². The van der Waals surface area contributed by atoms with E-state index in [2.05, 4.69) is 5.32 Å². The molecule has 0 saturated carbocycles. The number of sulfonamides is 1. The van der Waals surface area contributed by atoms with Crippen LogP contribution in [0.4, 0.5) is 18.9 Å². The number of rotatable bonds is 10. The molecule has 44 heavy (non-hydrogen) atoms. The molecular weight excluding hydrogens is 662 g/mol. The summed E-state index contributed by atoms with van der Waals surface area (Å²) in [5.74, 6) is -1.43. The van der Waals surface area contributed by atoms with Crippen molar-refractivity contribution < 1.29 is 31.2 Å². The van der Waals surface area contributed by atoms with Gasteiger partial charge >= 0.3 is 6.18 Å². The van der Waals surface area contributed by atoms with E-state index in [1.807, 2.05) is 0 Å². The SMILES string of the molecule is CC(C)(C)NC(=O)C(Cc1ccccc1)N(Cc1ccc(Cl)cc1Cl)C(=O)CN(c1cc(C(F)(F)F)ccc1Cl)S(C)(=O)=O. The molecule has 0 radical (unpaired) electrons. The number of alkyl halides is 3. The summed E-state index contributed by atoms with van der Waals surface area (Å²) < 4.78 is 67.0. The first-order valence-electron chi connectivity index (χ1n) is 13.2. The molecule has 2 amide bonds. The Balaban J connectivity index is 2.16. The normalized spacial score (nSPS) is 12.9. The summed E-state index contributed by atoms with van der Waals surface area (Å²) in [7, 11) is -4.36. The maximum atomic E-state index is 14.2. The molecular formula is C30H31Cl3F3N3O4S. The number of amides is 2. The predicted molar refractivity (Wildman–Crippen MR) is 167 cm³/mol. The molecule has 0 aliphatic heterocycles. The van der Waals surface area contributed by atoms with Crippen molar-refractivity contribution in [1.82, 2.24) is 10.2 Å². The Morgan fingerprint density at radius 3 is 2.09 bits per heavy atom. The molecule has 1 N–H and O–H groups in total. The molecule has 0 bridgehead atoms. The Morgan fingerprint density at radius 1 is 0.909 bits per heavy atom. The zero-order valence-corrected chi connectivity index (χ0v) is 27.3. The second-order valence-corrected chi connectivity index (χ2v) is 14.3. The maximum Gasteiger partial charge on any atom is 0.416 e. The molecule has 0 aliphatic rings. The van der Waals surface area contributed by atoms with Gasteiger partial charge in [-0.3, -0.25) is 13.9 Å². The number of hydrogen-bond acceptors (Lipinski definition) is 4. The Kier molecular flexibility index (Phi) is 11.3. The Labute approximate surface area is 269 Å². The van der Waals surface area contributed by atoms with Crippen LogP contribution in [0.25, 0.3) is 0 Å². The van der Waals surface area contributed by atoms with E-state index >= 15 is 0 Å². The van der Waals surface area contributed by atoms with Crippen molar-refractivity contribution in [3.05, 3.63) is 98.5 Å². The highest BCUT2D eigenvalue weighted by atomic mass is 35.5. The highest BCUT2D eigenvalue weighted by molar-refractivity contribution is 7.92. The van der Waals surface area contributed by atoms with Crippen LogP contribution in [0.2, 0.25) is 15.1 Å². The van der Waals surface area contributed by atoms with Gasteiger partial charge in [0.2, 0.25) is 21.8 Å². The minimum atomic E-state index is -4.81. The van der Waals surface area contributed by atoms with Crippen LogP contribution >= 0.6 is 34.8 Å². The summed E-state index contributed by atoms with van der Waals surface area (Å²) in [6.45, 7) is 4.06. The largest absolute Gasteiger partial charge is 0.416 e. The quantitative estimate of drug-likeness (QED) is 0.248. The third kappa shape index (κ3) is 9.76. The number of nitrogens with one attached hydrogen (secondary N) is 1. The van der Waals surface area contributed by atoms with E-state index < -0.39 is 57.4 Å². The van der Waals surface area contributed by atoms with Gasteiger partial charge in [-0.15, -0.1) is 0 Å². The lowest BCUT2D eigenvalue weighted by Gasteiger charge is -2.35. The van der Waals surface area contributed by atoms with Crippen LogP contribution in [-0.2, 0) is 38.8 Å². The van der Waals surface area contributed by atoms with Gasteiger partial charge in [-0.2, -0.15) is 13.2 Å². The van der Waals surface area contributed by atoms with Crippen molar-refractivity contribution in [1.29, 1.82) is 0 Å². The summed E-state index contributed by atoms with van der Waals surface area (Å²) in [4.78, 5) is 29.1. The summed E-state index contributed by atoms with van der Waals surface area (Å²) in [6, 6.07) is 14.4. The molecule has 3 aromatic rings. The van der Waals surface area contributed by atoms with Gasteiger partial charge in [0.25, 0.3) is 0 Å². The first-order valence-corrected chi connectivity index (χ1v) is 16.2. The number of carbonyl (C=O) groups excluding carboxylic acids is 2. The average molecular weight is 693 g/mol. The summed E-state index contributed by atoms with van der Waals surface area (Å²) in [6.07, 6.45) is -4.04. The van der Waals surface area contributed by atoms with Gasteiger partial charge in [-0.05, 0) is 62.2 Å². The van der Waals surface area contributed by atoms with Crippen LogP contribution in [0.15, 0.2) is 66.7 Å². The monoisotopic (exact) mass is 691 g/mol. The smallest absolute Gasteiger partial charge is 0.350 e. The molecule has 3 rings (SSSR count). The topological polar surface area (TPSA) is 86.8 Å². The van der Waals surface area contributed by atoms with Gasteiger partial charge in [0, 0.05) is 28.5 Å².